The molecule has 3 nitrogen and oxygen atoms in total. The first-order valence-electron chi connectivity index (χ1n) is 5.43. The van der Waals surface area contributed by atoms with Crippen LogP contribution in [0.15, 0.2) is 22.7 Å². The van der Waals surface area contributed by atoms with Crippen LogP contribution < -0.4 is 5.73 Å². The molecule has 0 atom stereocenters. The Kier molecular flexibility index (Phi) is 5.25. The third-order valence-corrected chi connectivity index (χ3v) is 3.29. The van der Waals surface area contributed by atoms with Crippen molar-refractivity contribution in [1.82, 2.24) is 4.90 Å². The number of nitrogens with two attached hydrogens (primary N) is 1. The van der Waals surface area contributed by atoms with E-state index in [1.54, 1.807) is 0 Å². The summed E-state index contributed by atoms with van der Waals surface area (Å²) in [4.78, 5) is 2.21. The van der Waals surface area contributed by atoms with Gasteiger partial charge in [-0.05, 0) is 47.5 Å². The van der Waals surface area contributed by atoms with Crippen LogP contribution in [0.25, 0.3) is 0 Å². The highest BCUT2D eigenvalue weighted by Gasteiger charge is 2.09. The van der Waals surface area contributed by atoms with E-state index in [-0.39, 0.29) is 6.61 Å². The second-order valence-corrected chi connectivity index (χ2v) is 5.00. The molecule has 0 spiro atoms. The first-order valence-corrected chi connectivity index (χ1v) is 6.22. The van der Waals surface area contributed by atoms with Crippen LogP contribution in [0.3, 0.4) is 0 Å². The Balaban J connectivity index is 2.73. The highest BCUT2D eigenvalue weighted by atomic mass is 79.9. The van der Waals surface area contributed by atoms with Crippen molar-refractivity contribution in [3.63, 3.8) is 0 Å². The zero-order chi connectivity index (χ0) is 12.1. The number of anilines is 1. The Morgan fingerprint density at radius 2 is 2.12 bits per heavy atom. The second kappa shape index (κ2) is 6.23. The number of halogens is 1. The molecule has 0 heterocycles. The van der Waals surface area contributed by atoms with E-state index in [2.05, 4.69) is 34.7 Å². The number of nitrogen functional groups attached to an aromatic ring is 1. The van der Waals surface area contributed by atoms with Gasteiger partial charge >= 0.3 is 0 Å². The Morgan fingerprint density at radius 1 is 1.44 bits per heavy atom. The molecule has 0 saturated heterocycles. The maximum Gasteiger partial charge on any atom is 0.0558 e. The number of aliphatic hydroxyl groups is 1. The SMILES string of the molecule is CC(C)N(CCO)Cc1ccc(Br)c(N)c1. The molecule has 0 aliphatic rings. The quantitative estimate of drug-likeness (QED) is 0.817. The Labute approximate surface area is 105 Å². The predicted octanol–water partition coefficient (Wildman–Crippen LogP) is 2.23. The molecule has 0 aromatic heterocycles. The summed E-state index contributed by atoms with van der Waals surface area (Å²) < 4.78 is 0.925. The van der Waals surface area contributed by atoms with E-state index >= 15 is 0 Å². The molecule has 90 valence electrons. The molecule has 0 aliphatic heterocycles. The summed E-state index contributed by atoms with van der Waals surface area (Å²) in [5, 5.41) is 8.99. The summed E-state index contributed by atoms with van der Waals surface area (Å²) in [6, 6.07) is 6.39. The van der Waals surface area contributed by atoms with E-state index < -0.39 is 0 Å². The van der Waals surface area contributed by atoms with Crippen molar-refractivity contribution in [3.8, 4) is 0 Å². The van der Waals surface area contributed by atoms with Crippen LogP contribution in [0, 0.1) is 0 Å². The van der Waals surface area contributed by atoms with Crippen LogP contribution in [-0.4, -0.2) is 29.2 Å². The van der Waals surface area contributed by atoms with Gasteiger partial charge in [-0.25, -0.2) is 0 Å². The van der Waals surface area contributed by atoms with Crippen LogP contribution in [0.2, 0.25) is 0 Å². The molecule has 3 N–H and O–H groups in total. The van der Waals surface area contributed by atoms with Gasteiger partial charge in [-0.3, -0.25) is 4.90 Å². The van der Waals surface area contributed by atoms with E-state index in [0.29, 0.717) is 12.6 Å². The number of hydrogen-bond acceptors (Lipinski definition) is 3. The highest BCUT2D eigenvalue weighted by Crippen LogP contribution is 2.21. The normalized spacial score (nSPS) is 11.4. The molecule has 0 radical (unpaired) electrons. The van der Waals surface area contributed by atoms with E-state index in [1.165, 1.54) is 5.56 Å². The van der Waals surface area contributed by atoms with Crippen molar-refractivity contribution in [2.75, 3.05) is 18.9 Å². The van der Waals surface area contributed by atoms with Gasteiger partial charge in [0, 0.05) is 29.3 Å². The fraction of sp³-hybridized carbons (Fsp3) is 0.500. The second-order valence-electron chi connectivity index (χ2n) is 4.14. The smallest absolute Gasteiger partial charge is 0.0558 e. The van der Waals surface area contributed by atoms with Crippen molar-refractivity contribution in [2.24, 2.45) is 0 Å². The van der Waals surface area contributed by atoms with Crippen molar-refractivity contribution in [3.05, 3.63) is 28.2 Å². The zero-order valence-electron chi connectivity index (χ0n) is 9.78. The summed E-state index contributed by atoms with van der Waals surface area (Å²) in [6.07, 6.45) is 0. The van der Waals surface area contributed by atoms with Crippen LogP contribution in [0.1, 0.15) is 19.4 Å². The molecule has 0 unspecified atom stereocenters. The van der Waals surface area contributed by atoms with E-state index in [1.807, 2.05) is 18.2 Å². The van der Waals surface area contributed by atoms with Gasteiger partial charge in [0.2, 0.25) is 0 Å². The van der Waals surface area contributed by atoms with E-state index in [0.717, 1.165) is 16.7 Å². The Morgan fingerprint density at radius 3 is 2.62 bits per heavy atom. The molecule has 0 fully saturated rings. The zero-order valence-corrected chi connectivity index (χ0v) is 11.4. The number of aliphatic hydroxyl groups excluding tert-OH is 1. The molecule has 0 bridgehead atoms. The molecular formula is C12H19BrN2O. The molecule has 4 heteroatoms. The summed E-state index contributed by atoms with van der Waals surface area (Å²) >= 11 is 3.38. The maximum absolute atomic E-state index is 8.99. The molecule has 0 amide bonds. The van der Waals surface area contributed by atoms with Gasteiger partial charge in [0.15, 0.2) is 0 Å². The van der Waals surface area contributed by atoms with Crippen LogP contribution in [-0.2, 0) is 6.54 Å². The van der Waals surface area contributed by atoms with Crippen molar-refractivity contribution < 1.29 is 5.11 Å². The summed E-state index contributed by atoms with van der Waals surface area (Å²) in [7, 11) is 0. The maximum atomic E-state index is 8.99. The van der Waals surface area contributed by atoms with E-state index in [9.17, 15) is 0 Å². The van der Waals surface area contributed by atoms with Crippen molar-refractivity contribution >= 4 is 21.6 Å². The van der Waals surface area contributed by atoms with Gasteiger partial charge in [-0.2, -0.15) is 0 Å². The number of rotatable bonds is 5. The Hall–Kier alpha value is -0.580. The molecule has 1 aromatic rings. The summed E-state index contributed by atoms with van der Waals surface area (Å²) in [5.41, 5.74) is 7.76. The molecule has 1 rings (SSSR count). The fourth-order valence-electron chi connectivity index (χ4n) is 1.57. The molecular weight excluding hydrogens is 268 g/mol. The van der Waals surface area contributed by atoms with Gasteiger partial charge in [0.05, 0.1) is 6.61 Å². The number of benzene rings is 1. The number of hydrogen-bond donors (Lipinski definition) is 2. The highest BCUT2D eigenvalue weighted by molar-refractivity contribution is 9.10. The van der Waals surface area contributed by atoms with Gasteiger partial charge < -0.3 is 10.8 Å². The summed E-state index contributed by atoms with van der Waals surface area (Å²) in [6.45, 7) is 5.93. The first kappa shape index (κ1) is 13.5. The van der Waals surface area contributed by atoms with Crippen LogP contribution >= 0.6 is 15.9 Å². The average molecular weight is 287 g/mol. The third kappa shape index (κ3) is 3.77. The largest absolute Gasteiger partial charge is 0.398 e. The fourth-order valence-corrected chi connectivity index (χ4v) is 1.82. The minimum Gasteiger partial charge on any atom is -0.398 e. The lowest BCUT2D eigenvalue weighted by molar-refractivity contribution is 0.159. The van der Waals surface area contributed by atoms with Crippen LogP contribution in [0.5, 0.6) is 0 Å². The van der Waals surface area contributed by atoms with Gasteiger partial charge in [-0.15, -0.1) is 0 Å². The monoisotopic (exact) mass is 286 g/mol. The van der Waals surface area contributed by atoms with Crippen LogP contribution in [0.4, 0.5) is 5.69 Å². The minimum atomic E-state index is 0.185. The molecule has 0 saturated carbocycles. The standard InChI is InChI=1S/C12H19BrN2O/c1-9(2)15(5-6-16)8-10-3-4-11(13)12(14)7-10/h3-4,7,9,16H,5-6,8,14H2,1-2H3. The third-order valence-electron chi connectivity index (χ3n) is 2.56. The lowest BCUT2D eigenvalue weighted by Gasteiger charge is -2.25. The van der Waals surface area contributed by atoms with E-state index in [4.69, 9.17) is 10.8 Å². The molecule has 16 heavy (non-hydrogen) atoms. The van der Waals surface area contributed by atoms with Crippen molar-refractivity contribution in [1.29, 1.82) is 0 Å². The topological polar surface area (TPSA) is 49.5 Å². The first-order chi connectivity index (χ1) is 7.54. The lowest BCUT2D eigenvalue weighted by atomic mass is 10.1. The minimum absolute atomic E-state index is 0.185. The lowest BCUT2D eigenvalue weighted by Crippen LogP contribution is -2.32. The van der Waals surface area contributed by atoms with Gasteiger partial charge in [0.25, 0.3) is 0 Å². The number of nitrogens with zero attached hydrogens (tertiary/aromatic N) is 1. The van der Waals surface area contributed by atoms with Crippen molar-refractivity contribution in [2.45, 2.75) is 26.4 Å². The predicted molar refractivity (Wildman–Crippen MR) is 71.2 cm³/mol. The Bertz CT molecular complexity index is 342. The van der Waals surface area contributed by atoms with Gasteiger partial charge in [0.1, 0.15) is 0 Å². The molecule has 0 aliphatic carbocycles. The average Bonchev–Trinajstić information content (AvgIpc) is 2.22. The summed E-state index contributed by atoms with van der Waals surface area (Å²) in [5.74, 6) is 0. The molecule has 1 aromatic carbocycles. The van der Waals surface area contributed by atoms with Gasteiger partial charge in [-0.1, -0.05) is 6.07 Å².